The number of carbonyl (C=O) groups is 1. The van der Waals surface area contributed by atoms with E-state index in [0.717, 1.165) is 11.8 Å². The molecule has 1 amide bonds. The Bertz CT molecular complexity index is 1310. The molecule has 11 heteroatoms. The number of furan rings is 1. The number of hydrogen-bond donors (Lipinski definition) is 0. The maximum atomic E-state index is 13.1. The number of non-ortho nitro benzene ring substituents is 1. The Balaban J connectivity index is 1.65. The molecule has 1 aromatic heterocycles. The molecule has 2 heterocycles. The second kappa shape index (κ2) is 10.0. The van der Waals surface area contributed by atoms with E-state index in [4.69, 9.17) is 27.6 Å². The highest BCUT2D eigenvalue weighted by Gasteiger charge is 2.34. The maximum absolute atomic E-state index is 13.1. The van der Waals surface area contributed by atoms with Crippen molar-refractivity contribution in [1.29, 1.82) is 0 Å². The van der Waals surface area contributed by atoms with Crippen molar-refractivity contribution in [3.8, 4) is 0 Å². The van der Waals surface area contributed by atoms with E-state index in [-0.39, 0.29) is 18.1 Å². The average molecular weight is 501 g/mol. The number of nitro benzene ring substituents is 1. The summed E-state index contributed by atoms with van der Waals surface area (Å²) in [5, 5.41) is 20.4. The molecule has 0 N–H and O–H groups in total. The zero-order valence-corrected chi connectivity index (χ0v) is 19.0. The zero-order chi connectivity index (χ0) is 23.4. The number of rotatable bonds is 6. The second-order valence-corrected chi connectivity index (χ2v) is 8.50. The van der Waals surface area contributed by atoms with Crippen LogP contribution in [0.1, 0.15) is 16.9 Å². The van der Waals surface area contributed by atoms with Crippen molar-refractivity contribution in [2.75, 3.05) is 0 Å². The van der Waals surface area contributed by atoms with E-state index < -0.39 is 4.92 Å². The van der Waals surface area contributed by atoms with Gasteiger partial charge in [0.2, 0.25) is 0 Å². The molecule has 1 fully saturated rings. The van der Waals surface area contributed by atoms with Crippen LogP contribution in [-0.2, 0) is 11.3 Å². The van der Waals surface area contributed by atoms with Gasteiger partial charge in [0, 0.05) is 17.7 Å². The molecule has 0 spiro atoms. The monoisotopic (exact) mass is 500 g/mol. The summed E-state index contributed by atoms with van der Waals surface area (Å²) >= 11 is 13.3. The summed E-state index contributed by atoms with van der Waals surface area (Å²) in [6.45, 7) is 0.150. The minimum absolute atomic E-state index is 0.0656. The normalized spacial score (nSPS) is 16.4. The van der Waals surface area contributed by atoms with Gasteiger partial charge >= 0.3 is 0 Å². The smallest absolute Gasteiger partial charge is 0.270 e. The number of nitrogens with zero attached hydrogens (tertiary/aromatic N) is 4. The Hall–Kier alpha value is -3.40. The van der Waals surface area contributed by atoms with E-state index in [1.807, 2.05) is 0 Å². The Labute approximate surface area is 202 Å². The van der Waals surface area contributed by atoms with Gasteiger partial charge in [0.05, 0.1) is 38.9 Å². The molecule has 1 aliphatic heterocycles. The highest BCUT2D eigenvalue weighted by atomic mass is 35.5. The fourth-order valence-corrected chi connectivity index (χ4v) is 4.21. The Morgan fingerprint density at radius 1 is 1.15 bits per heavy atom. The SMILES string of the molecule is O=C1/C(=C/c2cccc([N+](=O)[O-])c2)S/C(=N/N=C\c2cccc(Cl)c2Cl)N1Cc1ccco1. The molecule has 4 rings (SSSR count). The van der Waals surface area contributed by atoms with Crippen LogP contribution in [-0.4, -0.2) is 27.1 Å². The van der Waals surface area contributed by atoms with Crippen LogP contribution >= 0.6 is 35.0 Å². The van der Waals surface area contributed by atoms with Crippen LogP contribution in [0.25, 0.3) is 6.08 Å². The van der Waals surface area contributed by atoms with Crippen LogP contribution in [0.5, 0.6) is 0 Å². The van der Waals surface area contributed by atoms with E-state index in [9.17, 15) is 14.9 Å². The highest BCUT2D eigenvalue weighted by molar-refractivity contribution is 8.18. The predicted octanol–water partition coefficient (Wildman–Crippen LogP) is 6.00. The maximum Gasteiger partial charge on any atom is 0.270 e. The van der Waals surface area contributed by atoms with Crippen LogP contribution in [0.3, 0.4) is 0 Å². The molecule has 0 aliphatic carbocycles. The second-order valence-electron chi connectivity index (χ2n) is 6.70. The summed E-state index contributed by atoms with van der Waals surface area (Å²) in [7, 11) is 0. The lowest BCUT2D eigenvalue weighted by atomic mass is 10.2. The number of benzene rings is 2. The predicted molar refractivity (Wildman–Crippen MR) is 129 cm³/mol. The third kappa shape index (κ3) is 5.33. The van der Waals surface area contributed by atoms with Crippen molar-refractivity contribution in [3.63, 3.8) is 0 Å². The number of thioether (sulfide) groups is 1. The fraction of sp³-hybridized carbons (Fsp3) is 0.0455. The zero-order valence-electron chi connectivity index (χ0n) is 16.7. The lowest BCUT2D eigenvalue weighted by Gasteiger charge is -2.12. The van der Waals surface area contributed by atoms with Gasteiger partial charge in [0.1, 0.15) is 5.76 Å². The first kappa shape index (κ1) is 22.8. The van der Waals surface area contributed by atoms with E-state index >= 15 is 0 Å². The van der Waals surface area contributed by atoms with Crippen LogP contribution in [0, 0.1) is 10.1 Å². The Morgan fingerprint density at radius 2 is 1.97 bits per heavy atom. The third-order valence-corrected chi connectivity index (χ3v) is 6.31. The summed E-state index contributed by atoms with van der Waals surface area (Å²) in [5.41, 5.74) is 1.03. The first-order chi connectivity index (χ1) is 15.9. The lowest BCUT2D eigenvalue weighted by Crippen LogP contribution is -2.28. The van der Waals surface area contributed by atoms with Gasteiger partial charge in [-0.15, -0.1) is 5.10 Å². The molecule has 0 atom stereocenters. The molecule has 166 valence electrons. The van der Waals surface area contributed by atoms with Gasteiger partial charge in [-0.3, -0.25) is 19.8 Å². The van der Waals surface area contributed by atoms with Gasteiger partial charge in [-0.05, 0) is 41.6 Å². The lowest BCUT2D eigenvalue weighted by molar-refractivity contribution is -0.384. The molecule has 0 radical (unpaired) electrons. The molecule has 0 saturated carbocycles. The van der Waals surface area contributed by atoms with E-state index in [2.05, 4.69) is 10.2 Å². The van der Waals surface area contributed by atoms with Gasteiger partial charge in [0.25, 0.3) is 11.6 Å². The molecule has 1 saturated heterocycles. The summed E-state index contributed by atoms with van der Waals surface area (Å²) in [4.78, 5) is 25.4. The third-order valence-electron chi connectivity index (χ3n) is 4.48. The summed E-state index contributed by atoms with van der Waals surface area (Å²) in [6.07, 6.45) is 4.54. The Morgan fingerprint density at radius 3 is 2.73 bits per heavy atom. The van der Waals surface area contributed by atoms with Crippen LogP contribution in [0.15, 0.2) is 80.4 Å². The quantitative estimate of drug-likeness (QED) is 0.178. The van der Waals surface area contributed by atoms with Crippen molar-refractivity contribution in [1.82, 2.24) is 4.90 Å². The van der Waals surface area contributed by atoms with Crippen LogP contribution < -0.4 is 0 Å². The molecule has 8 nitrogen and oxygen atoms in total. The molecule has 1 aliphatic rings. The highest BCUT2D eigenvalue weighted by Crippen LogP contribution is 2.34. The minimum Gasteiger partial charge on any atom is -0.467 e. The molecule has 0 bridgehead atoms. The largest absolute Gasteiger partial charge is 0.467 e. The van der Waals surface area contributed by atoms with Crippen molar-refractivity contribution in [2.24, 2.45) is 10.2 Å². The van der Waals surface area contributed by atoms with E-state index in [0.29, 0.717) is 37.0 Å². The first-order valence-corrected chi connectivity index (χ1v) is 11.0. The van der Waals surface area contributed by atoms with Crippen LogP contribution in [0.4, 0.5) is 5.69 Å². The minimum atomic E-state index is -0.489. The summed E-state index contributed by atoms with van der Waals surface area (Å²) < 4.78 is 5.37. The van der Waals surface area contributed by atoms with Crippen molar-refractivity contribution in [3.05, 3.63) is 103 Å². The number of hydrogen-bond acceptors (Lipinski definition) is 7. The molecule has 2 aromatic carbocycles. The number of halogens is 2. The summed E-state index contributed by atoms with van der Waals surface area (Å²) in [6, 6.07) is 14.6. The van der Waals surface area contributed by atoms with Gasteiger partial charge in [-0.25, -0.2) is 0 Å². The molecule has 33 heavy (non-hydrogen) atoms. The molecule has 3 aromatic rings. The number of carbonyl (C=O) groups excluding carboxylic acids is 1. The average Bonchev–Trinajstić information content (AvgIpc) is 3.41. The van der Waals surface area contributed by atoms with Crippen molar-refractivity contribution < 1.29 is 14.1 Å². The van der Waals surface area contributed by atoms with Crippen LogP contribution in [0.2, 0.25) is 10.0 Å². The van der Waals surface area contributed by atoms with E-state index in [1.165, 1.54) is 29.5 Å². The summed E-state index contributed by atoms with van der Waals surface area (Å²) in [5.74, 6) is 0.243. The van der Waals surface area contributed by atoms with Gasteiger partial charge in [-0.2, -0.15) is 5.10 Å². The Kier molecular flexibility index (Phi) is 6.93. The van der Waals surface area contributed by atoms with Gasteiger partial charge < -0.3 is 4.42 Å². The van der Waals surface area contributed by atoms with Crippen molar-refractivity contribution >= 4 is 64.0 Å². The fourth-order valence-electron chi connectivity index (χ4n) is 2.92. The van der Waals surface area contributed by atoms with Crippen molar-refractivity contribution in [2.45, 2.75) is 6.54 Å². The standard InChI is InChI=1S/C22H14Cl2N4O4S/c23-18-8-2-5-15(20(18)24)12-25-26-22-27(13-17-7-3-9-32-17)21(29)19(33-22)11-14-4-1-6-16(10-14)28(30)31/h1-12H,13H2/b19-11-,25-12-,26-22+. The number of amides is 1. The molecular weight excluding hydrogens is 487 g/mol. The van der Waals surface area contributed by atoms with Gasteiger partial charge in [0.15, 0.2) is 5.17 Å². The van der Waals surface area contributed by atoms with E-state index in [1.54, 1.807) is 48.5 Å². The first-order valence-electron chi connectivity index (χ1n) is 9.45. The molecular formula is C22H14Cl2N4O4S. The topological polar surface area (TPSA) is 101 Å². The van der Waals surface area contributed by atoms with Gasteiger partial charge in [-0.1, -0.05) is 47.5 Å². The molecule has 0 unspecified atom stereocenters. The number of amidine groups is 1. The number of nitro groups is 1.